The number of carbonyl (C=O) groups is 2. The van der Waals surface area contributed by atoms with Gasteiger partial charge in [-0.2, -0.15) is 0 Å². The molecule has 1 aromatic rings. The van der Waals surface area contributed by atoms with Gasteiger partial charge in [-0.15, -0.1) is 0 Å². The number of nitrogens with zero attached hydrogens (tertiary/aromatic N) is 2. The molecule has 9 nitrogen and oxygen atoms in total. The summed E-state index contributed by atoms with van der Waals surface area (Å²) in [6.07, 6.45) is 2.09. The number of hydrogen-bond acceptors (Lipinski definition) is 9. The number of rotatable bonds is 8. The summed E-state index contributed by atoms with van der Waals surface area (Å²) in [5, 5.41) is 0. The number of methoxy groups -OCH3 is 1. The molecule has 0 atom stereocenters. The van der Waals surface area contributed by atoms with Gasteiger partial charge in [-0.25, -0.2) is 0 Å². The average molecular weight is 420 g/mol. The second-order valence-electron chi connectivity index (χ2n) is 7.49. The minimum atomic E-state index is -1.26. The Hall–Kier alpha value is -2.65. The van der Waals surface area contributed by atoms with Crippen LogP contribution in [0.4, 0.5) is 5.69 Å². The standard InChI is InChI=1S/C21H28N2O7/c1-21(2)29-19(24)16(20(25)30-21)14-22-15-5-6-17(26-3)18(13-15)28-10-4-7-23-8-11-27-12-9-23/h5-6,13-14,16H,4,7-12H2,1-3H3. The van der Waals surface area contributed by atoms with E-state index in [-0.39, 0.29) is 0 Å². The number of aliphatic imine (C=N–C) groups is 1. The molecular weight excluding hydrogens is 392 g/mol. The Morgan fingerprint density at radius 1 is 1.17 bits per heavy atom. The molecule has 3 rings (SSSR count). The Morgan fingerprint density at radius 3 is 2.53 bits per heavy atom. The van der Waals surface area contributed by atoms with Gasteiger partial charge in [0.05, 0.1) is 32.6 Å². The van der Waals surface area contributed by atoms with E-state index in [1.807, 2.05) is 0 Å². The zero-order valence-electron chi connectivity index (χ0n) is 17.6. The van der Waals surface area contributed by atoms with Crippen LogP contribution in [0.5, 0.6) is 11.5 Å². The van der Waals surface area contributed by atoms with E-state index < -0.39 is 23.6 Å². The van der Waals surface area contributed by atoms with Crippen molar-refractivity contribution in [3.05, 3.63) is 18.2 Å². The minimum absolute atomic E-state index is 0.518. The van der Waals surface area contributed by atoms with E-state index >= 15 is 0 Å². The van der Waals surface area contributed by atoms with Crippen molar-refractivity contribution >= 4 is 23.8 Å². The zero-order valence-corrected chi connectivity index (χ0v) is 17.6. The highest BCUT2D eigenvalue weighted by molar-refractivity contribution is 6.10. The SMILES string of the molecule is COc1ccc(N=CC2C(=O)OC(C)(C)OC2=O)cc1OCCCN1CCOCC1. The summed E-state index contributed by atoms with van der Waals surface area (Å²) in [5.41, 5.74) is 0.518. The van der Waals surface area contributed by atoms with Crippen LogP contribution in [0.15, 0.2) is 23.2 Å². The maximum absolute atomic E-state index is 12.0. The first-order valence-corrected chi connectivity index (χ1v) is 9.99. The highest BCUT2D eigenvalue weighted by Gasteiger charge is 2.42. The lowest BCUT2D eigenvalue weighted by atomic mass is 10.1. The molecule has 0 aromatic heterocycles. The quantitative estimate of drug-likeness (QED) is 0.273. The van der Waals surface area contributed by atoms with Gasteiger partial charge in [-0.3, -0.25) is 19.5 Å². The fraction of sp³-hybridized carbons (Fsp3) is 0.571. The maximum atomic E-state index is 12.0. The molecule has 9 heteroatoms. The predicted molar refractivity (Wildman–Crippen MR) is 108 cm³/mol. The van der Waals surface area contributed by atoms with Crippen LogP contribution in [-0.2, 0) is 23.8 Å². The van der Waals surface area contributed by atoms with E-state index in [2.05, 4.69) is 9.89 Å². The number of benzene rings is 1. The zero-order chi connectivity index (χ0) is 21.6. The van der Waals surface area contributed by atoms with Crippen molar-refractivity contribution in [2.24, 2.45) is 10.9 Å². The minimum Gasteiger partial charge on any atom is -0.493 e. The Balaban J connectivity index is 1.58. The van der Waals surface area contributed by atoms with Crippen LogP contribution in [0.3, 0.4) is 0 Å². The fourth-order valence-electron chi connectivity index (χ4n) is 3.16. The molecule has 0 saturated carbocycles. The van der Waals surface area contributed by atoms with Crippen LogP contribution in [0.2, 0.25) is 0 Å². The molecule has 2 saturated heterocycles. The molecule has 0 bridgehead atoms. The summed E-state index contributed by atoms with van der Waals surface area (Å²) in [5.74, 6) is -2.71. The van der Waals surface area contributed by atoms with Crippen molar-refractivity contribution in [1.82, 2.24) is 4.90 Å². The molecule has 2 aliphatic heterocycles. The summed E-state index contributed by atoms with van der Waals surface area (Å²) in [6, 6.07) is 5.14. The molecule has 0 aliphatic carbocycles. The first-order valence-electron chi connectivity index (χ1n) is 9.99. The molecule has 30 heavy (non-hydrogen) atoms. The molecule has 2 aliphatic rings. The summed E-state index contributed by atoms with van der Waals surface area (Å²) >= 11 is 0. The number of carbonyl (C=O) groups excluding carboxylic acids is 2. The number of hydrogen-bond donors (Lipinski definition) is 0. The lowest BCUT2D eigenvalue weighted by Gasteiger charge is -2.31. The molecule has 0 N–H and O–H groups in total. The summed E-state index contributed by atoms with van der Waals surface area (Å²) in [7, 11) is 1.56. The van der Waals surface area contributed by atoms with Gasteiger partial charge < -0.3 is 23.7 Å². The Bertz CT molecular complexity index is 768. The molecule has 0 radical (unpaired) electrons. The van der Waals surface area contributed by atoms with Crippen LogP contribution in [-0.4, -0.2) is 75.4 Å². The smallest absolute Gasteiger partial charge is 0.329 e. The maximum Gasteiger partial charge on any atom is 0.329 e. The second-order valence-corrected chi connectivity index (χ2v) is 7.49. The van der Waals surface area contributed by atoms with Crippen LogP contribution in [0, 0.1) is 5.92 Å². The average Bonchev–Trinajstić information content (AvgIpc) is 2.70. The third-order valence-electron chi connectivity index (χ3n) is 4.70. The van der Waals surface area contributed by atoms with E-state index in [1.54, 1.807) is 25.3 Å². The molecule has 2 heterocycles. The number of cyclic esters (lactones) is 2. The van der Waals surface area contributed by atoms with Gasteiger partial charge in [0.1, 0.15) is 0 Å². The Labute approximate surface area is 175 Å². The second kappa shape index (κ2) is 9.90. The number of esters is 2. The van der Waals surface area contributed by atoms with Gasteiger partial charge >= 0.3 is 11.9 Å². The Morgan fingerprint density at radius 2 is 1.87 bits per heavy atom. The molecule has 0 unspecified atom stereocenters. The summed E-state index contributed by atoms with van der Waals surface area (Å²) in [4.78, 5) is 30.7. The third kappa shape index (κ3) is 5.93. The molecule has 0 spiro atoms. The van der Waals surface area contributed by atoms with Crippen LogP contribution >= 0.6 is 0 Å². The largest absolute Gasteiger partial charge is 0.493 e. The van der Waals surface area contributed by atoms with Crippen molar-refractivity contribution < 1.29 is 33.3 Å². The molecular formula is C21H28N2O7. The topological polar surface area (TPSA) is 95.9 Å². The number of morpholine rings is 1. The van der Waals surface area contributed by atoms with E-state index in [0.717, 1.165) is 39.3 Å². The fourth-order valence-corrected chi connectivity index (χ4v) is 3.16. The Kier molecular flexibility index (Phi) is 7.28. The monoisotopic (exact) mass is 420 g/mol. The van der Waals surface area contributed by atoms with Crippen LogP contribution < -0.4 is 9.47 Å². The van der Waals surface area contributed by atoms with Gasteiger partial charge in [0.15, 0.2) is 17.4 Å². The first-order chi connectivity index (χ1) is 14.4. The van der Waals surface area contributed by atoms with Crippen LogP contribution in [0.25, 0.3) is 0 Å². The van der Waals surface area contributed by atoms with Gasteiger partial charge in [-0.05, 0) is 18.6 Å². The first kappa shape index (κ1) is 22.0. The lowest BCUT2D eigenvalue weighted by molar-refractivity contribution is -0.235. The van der Waals surface area contributed by atoms with E-state index in [1.165, 1.54) is 20.1 Å². The van der Waals surface area contributed by atoms with Gasteiger partial charge in [0, 0.05) is 45.8 Å². The molecule has 1 aromatic carbocycles. The summed E-state index contributed by atoms with van der Waals surface area (Å²) < 4.78 is 26.8. The molecule has 164 valence electrons. The van der Waals surface area contributed by atoms with Gasteiger partial charge in [0.25, 0.3) is 5.79 Å². The van der Waals surface area contributed by atoms with Gasteiger partial charge in [-0.1, -0.05) is 0 Å². The highest BCUT2D eigenvalue weighted by Crippen LogP contribution is 2.32. The van der Waals surface area contributed by atoms with Crippen molar-refractivity contribution in [3.8, 4) is 11.5 Å². The van der Waals surface area contributed by atoms with E-state index in [4.69, 9.17) is 23.7 Å². The predicted octanol–water partition coefficient (Wildman–Crippen LogP) is 1.95. The summed E-state index contributed by atoms with van der Waals surface area (Å²) in [6.45, 7) is 7.89. The van der Waals surface area contributed by atoms with Crippen molar-refractivity contribution in [2.45, 2.75) is 26.1 Å². The van der Waals surface area contributed by atoms with Crippen molar-refractivity contribution in [2.75, 3.05) is 46.6 Å². The van der Waals surface area contributed by atoms with E-state index in [0.29, 0.717) is 23.8 Å². The number of ether oxygens (including phenoxy) is 5. The normalized spacial score (nSPS) is 20.1. The molecule has 0 amide bonds. The third-order valence-corrected chi connectivity index (χ3v) is 4.70. The van der Waals surface area contributed by atoms with Crippen molar-refractivity contribution in [3.63, 3.8) is 0 Å². The van der Waals surface area contributed by atoms with E-state index in [9.17, 15) is 9.59 Å². The molecule has 2 fully saturated rings. The van der Waals surface area contributed by atoms with Crippen molar-refractivity contribution in [1.29, 1.82) is 0 Å². The lowest BCUT2D eigenvalue weighted by Crippen LogP contribution is -2.46. The van der Waals surface area contributed by atoms with Crippen LogP contribution in [0.1, 0.15) is 20.3 Å². The highest BCUT2D eigenvalue weighted by atomic mass is 16.7. The van der Waals surface area contributed by atoms with Gasteiger partial charge in [0.2, 0.25) is 0 Å².